The summed E-state index contributed by atoms with van der Waals surface area (Å²) in [5, 5.41) is 19.2. The lowest BCUT2D eigenvalue weighted by Gasteiger charge is -2.23. The summed E-state index contributed by atoms with van der Waals surface area (Å²) < 4.78 is 24.3. The monoisotopic (exact) mass is 412 g/mol. The molecule has 0 radical (unpaired) electrons. The van der Waals surface area contributed by atoms with Gasteiger partial charge in [-0.2, -0.15) is 0 Å². The molecule has 0 aliphatic carbocycles. The van der Waals surface area contributed by atoms with E-state index in [1.807, 2.05) is 18.2 Å². The minimum absolute atomic E-state index is 0.0134. The van der Waals surface area contributed by atoms with Gasteiger partial charge in [-0.15, -0.1) is 5.10 Å². The number of aromatic nitrogens is 4. The molecule has 3 aromatic rings. The molecule has 8 nitrogen and oxygen atoms in total. The molecule has 1 saturated heterocycles. The van der Waals surface area contributed by atoms with Gasteiger partial charge in [-0.25, -0.2) is 18.7 Å². The average molecular weight is 413 g/mol. The number of nitrogens with one attached hydrogen (secondary N) is 1. The summed E-state index contributed by atoms with van der Waals surface area (Å²) in [6, 6.07) is 13.8. The number of likely N-dealkylation sites (tertiary alicyclic amines) is 1. The molecule has 2 aromatic carbocycles. The van der Waals surface area contributed by atoms with E-state index in [-0.39, 0.29) is 10.7 Å². The van der Waals surface area contributed by atoms with Gasteiger partial charge in [-0.05, 0) is 59.0 Å². The largest absolute Gasteiger partial charge is 0.296 e. The lowest BCUT2D eigenvalue weighted by atomic mass is 9.98. The molecule has 0 amide bonds. The Morgan fingerprint density at radius 3 is 2.66 bits per heavy atom. The first-order valence-corrected chi connectivity index (χ1v) is 11.2. The standard InChI is InChI=1S/C20H24N6O2S/c1-2-16-5-4-12-26(16)13-14-8-10-15(11-9-14)17-6-3-7-18(29(21,27)28)19(17)20-22-24-25-23-20/h3,6-11,16H,2,4-5,12-13H2,1H3,(H2,21,27,28)(H,22,23,24,25). The van der Waals surface area contributed by atoms with Crippen LogP contribution in [0.15, 0.2) is 47.4 Å². The fourth-order valence-electron chi connectivity index (χ4n) is 4.11. The molecule has 0 bridgehead atoms. The SMILES string of the molecule is CCC1CCCN1Cc1ccc(-c2cccc(S(N)(=O)=O)c2-c2nnn[nH]2)cc1. The van der Waals surface area contributed by atoms with Gasteiger partial charge in [0, 0.05) is 18.2 Å². The van der Waals surface area contributed by atoms with Gasteiger partial charge in [0.1, 0.15) is 0 Å². The lowest BCUT2D eigenvalue weighted by Crippen LogP contribution is -2.28. The van der Waals surface area contributed by atoms with Crippen LogP contribution in [0.1, 0.15) is 31.7 Å². The van der Waals surface area contributed by atoms with E-state index in [1.54, 1.807) is 6.07 Å². The van der Waals surface area contributed by atoms with Gasteiger partial charge in [0.25, 0.3) is 0 Å². The van der Waals surface area contributed by atoms with Crippen molar-refractivity contribution in [2.24, 2.45) is 5.14 Å². The first kappa shape index (κ1) is 19.7. The molecule has 0 spiro atoms. The van der Waals surface area contributed by atoms with E-state index in [2.05, 4.69) is 44.6 Å². The van der Waals surface area contributed by atoms with Crippen LogP contribution in [0.25, 0.3) is 22.5 Å². The van der Waals surface area contributed by atoms with Crippen LogP contribution in [-0.2, 0) is 16.6 Å². The number of primary sulfonamides is 1. The van der Waals surface area contributed by atoms with Crippen molar-refractivity contribution in [2.45, 2.75) is 43.7 Å². The normalized spacial score (nSPS) is 17.7. The summed E-state index contributed by atoms with van der Waals surface area (Å²) in [5.41, 5.74) is 3.19. The molecule has 3 N–H and O–H groups in total. The Bertz CT molecular complexity index is 1080. The third-order valence-electron chi connectivity index (χ3n) is 5.54. The zero-order chi connectivity index (χ0) is 20.4. The van der Waals surface area contributed by atoms with Crippen LogP contribution < -0.4 is 5.14 Å². The van der Waals surface area contributed by atoms with Crippen molar-refractivity contribution in [2.75, 3.05) is 6.54 Å². The minimum atomic E-state index is -3.95. The number of hydrogen-bond acceptors (Lipinski definition) is 6. The Labute approximate surface area is 170 Å². The van der Waals surface area contributed by atoms with Crippen molar-refractivity contribution in [3.8, 4) is 22.5 Å². The highest BCUT2D eigenvalue weighted by molar-refractivity contribution is 7.89. The molecule has 1 aliphatic rings. The first-order chi connectivity index (χ1) is 14.0. The fourth-order valence-corrected chi connectivity index (χ4v) is 4.87. The van der Waals surface area contributed by atoms with Crippen molar-refractivity contribution in [3.05, 3.63) is 48.0 Å². The summed E-state index contributed by atoms with van der Waals surface area (Å²) in [7, 11) is -3.95. The summed E-state index contributed by atoms with van der Waals surface area (Å²) in [6.07, 6.45) is 3.70. The van der Waals surface area contributed by atoms with Crippen molar-refractivity contribution in [1.29, 1.82) is 0 Å². The zero-order valence-corrected chi connectivity index (χ0v) is 17.1. The van der Waals surface area contributed by atoms with Crippen molar-refractivity contribution >= 4 is 10.0 Å². The van der Waals surface area contributed by atoms with Crippen molar-refractivity contribution < 1.29 is 8.42 Å². The third-order valence-corrected chi connectivity index (χ3v) is 6.49. The van der Waals surface area contributed by atoms with E-state index >= 15 is 0 Å². The molecule has 1 fully saturated rings. The Morgan fingerprint density at radius 2 is 2.00 bits per heavy atom. The molecular formula is C20H24N6O2S. The van der Waals surface area contributed by atoms with E-state index < -0.39 is 10.0 Å². The molecule has 2 heterocycles. The maximum Gasteiger partial charge on any atom is 0.238 e. The molecular weight excluding hydrogens is 388 g/mol. The molecule has 1 aliphatic heterocycles. The Morgan fingerprint density at radius 1 is 1.21 bits per heavy atom. The van der Waals surface area contributed by atoms with Crippen molar-refractivity contribution in [3.63, 3.8) is 0 Å². The average Bonchev–Trinajstić information content (AvgIpc) is 3.39. The maximum atomic E-state index is 12.1. The topological polar surface area (TPSA) is 118 Å². The quantitative estimate of drug-likeness (QED) is 0.642. The Hall–Kier alpha value is -2.62. The lowest BCUT2D eigenvalue weighted by molar-refractivity contribution is 0.240. The number of sulfonamides is 1. The van der Waals surface area contributed by atoms with Gasteiger partial charge >= 0.3 is 0 Å². The summed E-state index contributed by atoms with van der Waals surface area (Å²) in [5.74, 6) is 0.261. The van der Waals surface area contributed by atoms with Crippen LogP contribution in [-0.4, -0.2) is 46.5 Å². The van der Waals surface area contributed by atoms with E-state index in [9.17, 15) is 8.42 Å². The van der Waals surface area contributed by atoms with Gasteiger partial charge in [-0.3, -0.25) is 4.90 Å². The van der Waals surface area contributed by atoms with Crippen LogP contribution in [0.5, 0.6) is 0 Å². The molecule has 1 unspecified atom stereocenters. The highest BCUT2D eigenvalue weighted by Crippen LogP contribution is 2.35. The van der Waals surface area contributed by atoms with Gasteiger partial charge in [0.05, 0.1) is 4.90 Å². The molecule has 152 valence electrons. The van der Waals surface area contributed by atoms with E-state index in [4.69, 9.17) is 5.14 Å². The predicted octanol–water partition coefficient (Wildman–Crippen LogP) is 2.56. The number of rotatable bonds is 6. The first-order valence-electron chi connectivity index (χ1n) is 9.70. The van der Waals surface area contributed by atoms with E-state index in [0.29, 0.717) is 17.2 Å². The minimum Gasteiger partial charge on any atom is -0.296 e. The number of aromatic amines is 1. The fraction of sp³-hybridized carbons (Fsp3) is 0.350. The number of tetrazole rings is 1. The second-order valence-corrected chi connectivity index (χ2v) is 8.88. The van der Waals surface area contributed by atoms with E-state index in [1.165, 1.54) is 30.9 Å². The summed E-state index contributed by atoms with van der Waals surface area (Å²) >= 11 is 0. The molecule has 1 aromatic heterocycles. The van der Waals surface area contributed by atoms with Crippen LogP contribution in [0, 0.1) is 0 Å². The van der Waals surface area contributed by atoms with Crippen LogP contribution in [0.4, 0.5) is 0 Å². The molecule has 1 atom stereocenters. The zero-order valence-electron chi connectivity index (χ0n) is 16.2. The molecule has 4 rings (SSSR count). The third kappa shape index (κ3) is 4.07. The molecule has 0 saturated carbocycles. The van der Waals surface area contributed by atoms with Crippen LogP contribution in [0.3, 0.4) is 0 Å². The predicted molar refractivity (Wildman–Crippen MR) is 110 cm³/mol. The van der Waals surface area contributed by atoms with Crippen molar-refractivity contribution in [1.82, 2.24) is 25.5 Å². The van der Waals surface area contributed by atoms with Crippen LogP contribution in [0.2, 0.25) is 0 Å². The van der Waals surface area contributed by atoms with Crippen LogP contribution >= 0.6 is 0 Å². The van der Waals surface area contributed by atoms with Gasteiger partial charge in [-0.1, -0.05) is 43.3 Å². The maximum absolute atomic E-state index is 12.1. The number of nitrogens with two attached hydrogens (primary N) is 1. The van der Waals surface area contributed by atoms with Gasteiger partial charge in [0.2, 0.25) is 10.0 Å². The van der Waals surface area contributed by atoms with Gasteiger partial charge in [0.15, 0.2) is 5.82 Å². The highest BCUT2D eigenvalue weighted by Gasteiger charge is 2.24. The number of nitrogens with zero attached hydrogens (tertiary/aromatic N) is 4. The molecule has 29 heavy (non-hydrogen) atoms. The Balaban J connectivity index is 1.70. The number of benzene rings is 2. The second-order valence-electron chi connectivity index (χ2n) is 7.35. The number of hydrogen-bond donors (Lipinski definition) is 2. The highest BCUT2D eigenvalue weighted by atomic mass is 32.2. The summed E-state index contributed by atoms with van der Waals surface area (Å²) in [4.78, 5) is 2.52. The smallest absolute Gasteiger partial charge is 0.238 e. The molecule has 9 heteroatoms. The second kappa shape index (κ2) is 8.02. The van der Waals surface area contributed by atoms with E-state index in [0.717, 1.165) is 18.7 Å². The Kier molecular flexibility index (Phi) is 5.44. The van der Waals surface area contributed by atoms with Gasteiger partial charge < -0.3 is 0 Å². The number of H-pyrrole nitrogens is 1. The summed E-state index contributed by atoms with van der Waals surface area (Å²) in [6.45, 7) is 4.30.